The fraction of sp³-hybridized carbons (Fsp3) is 0.400. The minimum atomic E-state index is 0.329. The van der Waals surface area contributed by atoms with Gasteiger partial charge in [-0.2, -0.15) is 0 Å². The molecule has 0 saturated carbocycles. The summed E-state index contributed by atoms with van der Waals surface area (Å²) < 4.78 is 22.5. The summed E-state index contributed by atoms with van der Waals surface area (Å²) in [5, 5.41) is 0. The molecule has 2 aromatic rings. The van der Waals surface area contributed by atoms with Gasteiger partial charge in [0.1, 0.15) is 6.54 Å². The van der Waals surface area contributed by atoms with Crippen molar-refractivity contribution in [1.82, 2.24) is 0 Å². The van der Waals surface area contributed by atoms with Crippen LogP contribution in [0, 0.1) is 0 Å². The first-order chi connectivity index (χ1) is 12.3. The van der Waals surface area contributed by atoms with Crippen molar-refractivity contribution in [3.05, 3.63) is 46.5 Å². The van der Waals surface area contributed by atoms with E-state index in [9.17, 15) is 0 Å². The van der Waals surface area contributed by atoms with E-state index in [1.165, 1.54) is 27.2 Å². The molecule has 25 heavy (non-hydrogen) atoms. The van der Waals surface area contributed by atoms with E-state index >= 15 is 0 Å². The number of hydrogen-bond acceptors (Lipinski definition) is 4. The monoisotopic (exact) mass is 340 g/mol. The summed E-state index contributed by atoms with van der Waals surface area (Å²) in [7, 11) is 2.24. The number of nitrogens with one attached hydrogen (secondary N) is 1. The Kier molecular flexibility index (Phi) is 3.48. The van der Waals surface area contributed by atoms with Crippen LogP contribution in [-0.4, -0.2) is 27.2 Å². The third kappa shape index (κ3) is 2.59. The van der Waals surface area contributed by atoms with Crippen molar-refractivity contribution in [2.75, 3.05) is 27.2 Å². The number of likely N-dealkylation sites (N-methyl/N-ethyl adjacent to an activating group) is 1. The minimum absolute atomic E-state index is 0.329. The van der Waals surface area contributed by atoms with Gasteiger partial charge in [0.05, 0.1) is 19.2 Å². The van der Waals surface area contributed by atoms with Gasteiger partial charge in [0.25, 0.3) is 0 Å². The summed E-state index contributed by atoms with van der Waals surface area (Å²) in [6, 6.07) is 8.58. The van der Waals surface area contributed by atoms with Crippen LogP contribution in [0.4, 0.5) is 0 Å². The van der Waals surface area contributed by atoms with E-state index in [-0.39, 0.29) is 0 Å². The second-order valence-corrected chi connectivity index (χ2v) is 7.05. The normalized spacial score (nSPS) is 20.8. The van der Waals surface area contributed by atoms with Crippen LogP contribution in [0.1, 0.15) is 22.3 Å². The van der Waals surface area contributed by atoms with Gasteiger partial charge in [-0.25, -0.2) is 0 Å². The van der Waals surface area contributed by atoms with E-state index < -0.39 is 0 Å². The molecule has 0 aliphatic carbocycles. The molecular formula is C20H22NO4+. The van der Waals surface area contributed by atoms with Gasteiger partial charge in [-0.3, -0.25) is 0 Å². The van der Waals surface area contributed by atoms with Gasteiger partial charge < -0.3 is 23.8 Å². The Labute approximate surface area is 147 Å². The molecule has 1 N–H and O–H groups in total. The Bertz CT molecular complexity index is 833. The summed E-state index contributed by atoms with van der Waals surface area (Å²) in [5.74, 6) is 3.59. The van der Waals surface area contributed by atoms with Gasteiger partial charge in [-0.05, 0) is 47.7 Å². The zero-order chi connectivity index (χ0) is 16.8. The van der Waals surface area contributed by atoms with Crippen molar-refractivity contribution in [2.24, 2.45) is 0 Å². The third-order valence-electron chi connectivity index (χ3n) is 5.40. The molecule has 0 amide bonds. The number of benzene rings is 2. The van der Waals surface area contributed by atoms with Gasteiger partial charge in [0.15, 0.2) is 23.0 Å². The van der Waals surface area contributed by atoms with Gasteiger partial charge in [-0.15, -0.1) is 0 Å². The second kappa shape index (κ2) is 5.85. The molecule has 3 aliphatic heterocycles. The van der Waals surface area contributed by atoms with Crippen LogP contribution in [0.5, 0.6) is 23.0 Å². The molecule has 0 bridgehead atoms. The first-order valence-electron chi connectivity index (χ1n) is 8.91. The molecule has 5 heteroatoms. The maximum absolute atomic E-state index is 5.77. The molecule has 2 aromatic carbocycles. The lowest BCUT2D eigenvalue weighted by Crippen LogP contribution is -3.07. The zero-order valence-electron chi connectivity index (χ0n) is 14.4. The van der Waals surface area contributed by atoms with Crippen LogP contribution in [-0.2, 0) is 25.8 Å². The molecule has 1 unspecified atom stereocenters. The molecule has 0 fully saturated rings. The van der Waals surface area contributed by atoms with Crippen molar-refractivity contribution in [3.63, 3.8) is 0 Å². The molecule has 5 nitrogen and oxygen atoms in total. The average molecular weight is 340 g/mol. The molecule has 5 rings (SSSR count). The van der Waals surface area contributed by atoms with Crippen LogP contribution < -0.4 is 23.8 Å². The quantitative estimate of drug-likeness (QED) is 0.789. The van der Waals surface area contributed by atoms with Crippen LogP contribution in [0.15, 0.2) is 24.3 Å². The van der Waals surface area contributed by atoms with E-state index in [2.05, 4.69) is 25.2 Å². The highest BCUT2D eigenvalue weighted by molar-refractivity contribution is 5.53. The van der Waals surface area contributed by atoms with Gasteiger partial charge in [-0.1, -0.05) is 6.07 Å². The summed E-state index contributed by atoms with van der Waals surface area (Å²) in [6.45, 7) is 2.69. The molecular weight excluding hydrogens is 318 g/mol. The number of rotatable bonds is 0. The number of aryl methyl sites for hydroxylation is 2. The fourth-order valence-electron chi connectivity index (χ4n) is 4.00. The molecule has 0 spiro atoms. The number of hydrogen-bond donors (Lipinski definition) is 1. The van der Waals surface area contributed by atoms with Crippen molar-refractivity contribution in [3.8, 4) is 23.0 Å². The predicted octanol–water partition coefficient (Wildman–Crippen LogP) is 1.50. The molecule has 3 heterocycles. The lowest BCUT2D eigenvalue weighted by molar-refractivity contribution is -0.893. The fourth-order valence-corrected chi connectivity index (χ4v) is 4.00. The SMILES string of the molecule is C[NH+]1CCc2cc3c(cc2CCc2ccc4c(c2C1)OCO4)OCO3. The Hall–Kier alpha value is -2.40. The standard InChI is InChI=1S/C20H21NO4/c1-21-7-6-15-9-19-18(23-11-24-19)8-14(15)3-2-13-4-5-17-20(16(13)10-21)25-12-22-17/h4-5,8-9H,2-3,6-7,10-12H2,1H3/p+1. The lowest BCUT2D eigenvalue weighted by Gasteiger charge is -2.21. The van der Waals surface area contributed by atoms with Gasteiger partial charge in [0, 0.05) is 6.42 Å². The van der Waals surface area contributed by atoms with Crippen LogP contribution in [0.25, 0.3) is 0 Å². The van der Waals surface area contributed by atoms with E-state index in [1.54, 1.807) is 0 Å². The van der Waals surface area contributed by atoms with Gasteiger partial charge >= 0.3 is 0 Å². The van der Waals surface area contributed by atoms with E-state index in [0.717, 1.165) is 55.4 Å². The summed E-state index contributed by atoms with van der Waals surface area (Å²) in [5.41, 5.74) is 5.40. The highest BCUT2D eigenvalue weighted by atomic mass is 16.7. The van der Waals surface area contributed by atoms with Crippen molar-refractivity contribution >= 4 is 0 Å². The van der Waals surface area contributed by atoms with Crippen LogP contribution in [0.2, 0.25) is 0 Å². The predicted molar refractivity (Wildman–Crippen MR) is 91.7 cm³/mol. The molecule has 0 aromatic heterocycles. The Morgan fingerprint density at radius 3 is 2.28 bits per heavy atom. The van der Waals surface area contributed by atoms with Crippen LogP contribution >= 0.6 is 0 Å². The Balaban J connectivity index is 1.54. The Morgan fingerprint density at radius 1 is 0.760 bits per heavy atom. The smallest absolute Gasteiger partial charge is 0.231 e. The molecule has 130 valence electrons. The molecule has 1 atom stereocenters. The van der Waals surface area contributed by atoms with Crippen molar-refractivity contribution in [1.29, 1.82) is 0 Å². The lowest BCUT2D eigenvalue weighted by atomic mass is 9.93. The second-order valence-electron chi connectivity index (χ2n) is 7.05. The summed E-state index contributed by atoms with van der Waals surface area (Å²) in [6.07, 6.45) is 3.03. The van der Waals surface area contributed by atoms with Crippen molar-refractivity contribution < 1.29 is 23.8 Å². The largest absolute Gasteiger partial charge is 0.454 e. The minimum Gasteiger partial charge on any atom is -0.454 e. The highest BCUT2D eigenvalue weighted by Gasteiger charge is 2.25. The Morgan fingerprint density at radius 2 is 1.44 bits per heavy atom. The van der Waals surface area contributed by atoms with Crippen LogP contribution in [0.3, 0.4) is 0 Å². The maximum Gasteiger partial charge on any atom is 0.231 e. The third-order valence-corrected chi connectivity index (χ3v) is 5.40. The highest BCUT2D eigenvalue weighted by Crippen LogP contribution is 2.39. The molecule has 0 radical (unpaired) electrons. The molecule has 0 saturated heterocycles. The topological polar surface area (TPSA) is 41.4 Å². The average Bonchev–Trinajstić information content (AvgIpc) is 3.27. The molecule has 3 aliphatic rings. The number of ether oxygens (including phenoxy) is 4. The first-order valence-corrected chi connectivity index (χ1v) is 8.91. The zero-order valence-corrected chi connectivity index (χ0v) is 14.4. The van der Waals surface area contributed by atoms with Gasteiger partial charge in [0.2, 0.25) is 13.6 Å². The van der Waals surface area contributed by atoms with E-state index in [4.69, 9.17) is 18.9 Å². The first kappa shape index (κ1) is 14.9. The summed E-state index contributed by atoms with van der Waals surface area (Å²) >= 11 is 0. The van der Waals surface area contributed by atoms with Crippen molar-refractivity contribution in [2.45, 2.75) is 25.8 Å². The van der Waals surface area contributed by atoms with E-state index in [0.29, 0.717) is 13.6 Å². The maximum atomic E-state index is 5.77. The number of fused-ring (bicyclic) bond motifs is 5. The van der Waals surface area contributed by atoms with E-state index in [1.807, 2.05) is 6.07 Å². The number of quaternary nitrogens is 1. The summed E-state index contributed by atoms with van der Waals surface area (Å²) in [4.78, 5) is 1.47.